The zero-order chi connectivity index (χ0) is 24.8. The van der Waals surface area contributed by atoms with Crippen molar-refractivity contribution in [2.24, 2.45) is 5.92 Å². The Labute approximate surface area is 204 Å². The first-order chi connectivity index (χ1) is 16.2. The Bertz CT molecular complexity index is 1120. The summed E-state index contributed by atoms with van der Waals surface area (Å²) in [5, 5.41) is 32.0. The van der Waals surface area contributed by atoms with Gasteiger partial charge in [0, 0.05) is 12.1 Å². The summed E-state index contributed by atoms with van der Waals surface area (Å²) >= 11 is 1.63. The van der Waals surface area contributed by atoms with Crippen LogP contribution in [0.5, 0.6) is 5.75 Å². The minimum absolute atomic E-state index is 0.00373. The van der Waals surface area contributed by atoms with E-state index in [1.165, 1.54) is 11.1 Å². The van der Waals surface area contributed by atoms with E-state index in [0.29, 0.717) is 29.9 Å². The Balaban J connectivity index is 1.77. The smallest absolute Gasteiger partial charge is 0.258 e. The molecule has 0 radical (unpaired) electrons. The number of aryl methyl sites for hydroxylation is 2. The molecule has 8 nitrogen and oxygen atoms in total. The summed E-state index contributed by atoms with van der Waals surface area (Å²) < 4.78 is 11.9. The van der Waals surface area contributed by atoms with E-state index in [1.54, 1.807) is 11.3 Å². The number of ether oxygens (including phenoxy) is 1. The fourth-order valence-electron chi connectivity index (χ4n) is 3.70. The average Bonchev–Trinajstić information content (AvgIpc) is 3.43. The van der Waals surface area contributed by atoms with Crippen LogP contribution in [0, 0.1) is 19.8 Å². The number of thiophene rings is 1. The number of hydrogen-bond acceptors (Lipinski definition) is 8. The van der Waals surface area contributed by atoms with Gasteiger partial charge in [0.15, 0.2) is 0 Å². The SMILES string of the molecule is CCc1cc(-c2nnc(-c3scc(CC(C)C)c3C)o2)cc(C)c1OC[C@H](O)CNC(=O)CO. The van der Waals surface area contributed by atoms with Crippen molar-refractivity contribution in [1.82, 2.24) is 15.5 Å². The number of amides is 1. The molecule has 1 amide bonds. The van der Waals surface area contributed by atoms with Gasteiger partial charge in [-0.2, -0.15) is 0 Å². The maximum atomic E-state index is 11.1. The van der Waals surface area contributed by atoms with Crippen molar-refractivity contribution in [3.8, 4) is 28.0 Å². The Morgan fingerprint density at radius 3 is 2.62 bits per heavy atom. The number of hydrogen-bond donors (Lipinski definition) is 3. The quantitative estimate of drug-likeness (QED) is 0.377. The lowest BCUT2D eigenvalue weighted by Gasteiger charge is -2.17. The molecule has 0 aliphatic rings. The van der Waals surface area contributed by atoms with E-state index in [9.17, 15) is 9.90 Å². The molecule has 2 heterocycles. The van der Waals surface area contributed by atoms with Crippen LogP contribution in [0.1, 0.15) is 43.0 Å². The zero-order valence-electron chi connectivity index (χ0n) is 20.3. The molecule has 2 aromatic heterocycles. The molecule has 3 N–H and O–H groups in total. The summed E-state index contributed by atoms with van der Waals surface area (Å²) in [6, 6.07) is 3.89. The number of carbonyl (C=O) groups excluding carboxylic acids is 1. The van der Waals surface area contributed by atoms with Crippen molar-refractivity contribution in [1.29, 1.82) is 0 Å². The van der Waals surface area contributed by atoms with Gasteiger partial charge in [0.1, 0.15) is 25.1 Å². The van der Waals surface area contributed by atoms with Gasteiger partial charge in [0.2, 0.25) is 11.8 Å². The average molecular weight is 488 g/mol. The molecule has 3 aromatic rings. The second kappa shape index (κ2) is 11.6. The van der Waals surface area contributed by atoms with Crippen molar-refractivity contribution in [2.75, 3.05) is 19.8 Å². The van der Waals surface area contributed by atoms with Crippen molar-refractivity contribution in [3.05, 3.63) is 39.8 Å². The van der Waals surface area contributed by atoms with Crippen molar-refractivity contribution < 1.29 is 24.2 Å². The molecule has 9 heteroatoms. The van der Waals surface area contributed by atoms with E-state index >= 15 is 0 Å². The van der Waals surface area contributed by atoms with Gasteiger partial charge in [0.25, 0.3) is 5.89 Å². The Kier molecular flexibility index (Phi) is 8.82. The number of aromatic nitrogens is 2. The highest BCUT2D eigenvalue weighted by Crippen LogP contribution is 2.36. The fourth-order valence-corrected chi connectivity index (χ4v) is 4.73. The van der Waals surface area contributed by atoms with Crippen LogP contribution in [-0.4, -0.2) is 52.2 Å². The molecule has 0 fully saturated rings. The highest BCUT2D eigenvalue weighted by atomic mass is 32.1. The number of nitrogens with zero attached hydrogens (tertiary/aromatic N) is 2. The lowest BCUT2D eigenvalue weighted by molar-refractivity contribution is -0.124. The second-order valence-corrected chi connectivity index (χ2v) is 9.67. The summed E-state index contributed by atoms with van der Waals surface area (Å²) in [7, 11) is 0. The van der Waals surface area contributed by atoms with Crippen LogP contribution in [0.2, 0.25) is 0 Å². The number of aliphatic hydroxyl groups excluding tert-OH is 2. The minimum Gasteiger partial charge on any atom is -0.490 e. The van der Waals surface area contributed by atoms with Crippen molar-refractivity contribution in [2.45, 2.75) is 53.6 Å². The Morgan fingerprint density at radius 2 is 1.94 bits per heavy atom. The molecular weight excluding hydrogens is 454 g/mol. The van der Waals surface area contributed by atoms with Crippen LogP contribution in [0.15, 0.2) is 21.9 Å². The maximum Gasteiger partial charge on any atom is 0.258 e. The van der Waals surface area contributed by atoms with Gasteiger partial charge < -0.3 is 24.7 Å². The van der Waals surface area contributed by atoms with E-state index in [4.69, 9.17) is 14.3 Å². The van der Waals surface area contributed by atoms with E-state index in [-0.39, 0.29) is 13.2 Å². The maximum absolute atomic E-state index is 11.1. The van der Waals surface area contributed by atoms with Crippen LogP contribution >= 0.6 is 11.3 Å². The highest BCUT2D eigenvalue weighted by Gasteiger charge is 2.19. The van der Waals surface area contributed by atoms with Gasteiger partial charge in [-0.1, -0.05) is 20.8 Å². The first kappa shape index (κ1) is 25.9. The molecule has 1 aromatic carbocycles. The third-order valence-electron chi connectivity index (χ3n) is 5.47. The lowest BCUT2D eigenvalue weighted by atomic mass is 10.0. The Morgan fingerprint density at radius 1 is 1.21 bits per heavy atom. The number of aliphatic hydroxyl groups is 2. The molecule has 0 saturated heterocycles. The van der Waals surface area contributed by atoms with Gasteiger partial charge in [-0.05, 0) is 72.4 Å². The zero-order valence-corrected chi connectivity index (χ0v) is 21.2. The Hall–Kier alpha value is -2.75. The van der Waals surface area contributed by atoms with Gasteiger partial charge in [-0.3, -0.25) is 4.79 Å². The van der Waals surface area contributed by atoms with Gasteiger partial charge in [-0.25, -0.2) is 0 Å². The third kappa shape index (κ3) is 6.22. The van der Waals surface area contributed by atoms with Crippen LogP contribution in [0.3, 0.4) is 0 Å². The van der Waals surface area contributed by atoms with Gasteiger partial charge in [0.05, 0.1) is 4.88 Å². The lowest BCUT2D eigenvalue weighted by Crippen LogP contribution is -2.36. The first-order valence-corrected chi connectivity index (χ1v) is 12.3. The van der Waals surface area contributed by atoms with E-state index in [1.807, 2.05) is 26.0 Å². The van der Waals surface area contributed by atoms with Crippen LogP contribution in [-0.2, 0) is 17.6 Å². The molecule has 0 spiro atoms. The predicted octanol–water partition coefficient (Wildman–Crippen LogP) is 3.69. The molecule has 184 valence electrons. The summed E-state index contributed by atoms with van der Waals surface area (Å²) in [6.45, 7) is 9.87. The second-order valence-electron chi connectivity index (χ2n) is 8.79. The molecular formula is C25H33N3O5S. The third-order valence-corrected chi connectivity index (χ3v) is 6.59. The van der Waals surface area contributed by atoms with Gasteiger partial charge in [-0.15, -0.1) is 21.5 Å². The number of nitrogens with one attached hydrogen (secondary N) is 1. The summed E-state index contributed by atoms with van der Waals surface area (Å²) in [5.41, 5.74) is 5.16. The van der Waals surface area contributed by atoms with E-state index in [0.717, 1.165) is 28.0 Å². The van der Waals surface area contributed by atoms with Crippen LogP contribution in [0.25, 0.3) is 22.2 Å². The number of carbonyl (C=O) groups is 1. The first-order valence-electron chi connectivity index (χ1n) is 11.5. The highest BCUT2D eigenvalue weighted by molar-refractivity contribution is 7.13. The van der Waals surface area contributed by atoms with Crippen molar-refractivity contribution in [3.63, 3.8) is 0 Å². The van der Waals surface area contributed by atoms with Crippen LogP contribution < -0.4 is 10.1 Å². The minimum atomic E-state index is -0.896. The van der Waals surface area contributed by atoms with E-state index in [2.05, 4.69) is 41.7 Å². The number of rotatable bonds is 11. The molecule has 0 aliphatic heterocycles. The standard InChI is InChI=1S/C25H33N3O5S/c1-6-17-9-18(8-15(4)22(17)32-12-20(30)10-26-21(31)11-29)24-27-28-25(33-24)23-16(5)19(13-34-23)7-14(2)3/h8-9,13-14,20,29-30H,6-7,10-12H2,1-5H3,(H,26,31)/t20-/m1/s1. The van der Waals surface area contributed by atoms with Crippen LogP contribution in [0.4, 0.5) is 0 Å². The fraction of sp³-hybridized carbons (Fsp3) is 0.480. The summed E-state index contributed by atoms with van der Waals surface area (Å²) in [6.07, 6.45) is 0.838. The largest absolute Gasteiger partial charge is 0.490 e. The molecule has 0 saturated carbocycles. The van der Waals surface area contributed by atoms with E-state index < -0.39 is 18.6 Å². The monoisotopic (exact) mass is 487 g/mol. The number of benzene rings is 1. The predicted molar refractivity (Wildman–Crippen MR) is 132 cm³/mol. The summed E-state index contributed by atoms with van der Waals surface area (Å²) in [4.78, 5) is 12.1. The molecule has 0 unspecified atom stereocenters. The molecule has 1 atom stereocenters. The van der Waals surface area contributed by atoms with Gasteiger partial charge >= 0.3 is 0 Å². The molecule has 34 heavy (non-hydrogen) atoms. The molecule has 3 rings (SSSR count). The topological polar surface area (TPSA) is 118 Å². The summed E-state index contributed by atoms with van der Waals surface area (Å²) in [5.74, 6) is 1.70. The molecule has 0 aliphatic carbocycles. The molecule has 0 bridgehead atoms. The normalized spacial score (nSPS) is 12.2. The van der Waals surface area contributed by atoms with Crippen molar-refractivity contribution >= 4 is 17.2 Å².